The maximum Gasteiger partial charge on any atom is 0.339 e. The quantitative estimate of drug-likeness (QED) is 0.791. The fourth-order valence-corrected chi connectivity index (χ4v) is 1.93. The van der Waals surface area contributed by atoms with Gasteiger partial charge in [-0.05, 0) is 24.1 Å². The number of ether oxygens (including phenoxy) is 1. The number of esters is 1. The van der Waals surface area contributed by atoms with E-state index in [0.717, 1.165) is 0 Å². The number of amides is 1. The molecule has 126 valence electrons. The largest absolute Gasteiger partial charge is 0.465 e. The normalized spacial score (nSPS) is 10.3. The minimum Gasteiger partial charge on any atom is -0.465 e. The number of carbonyl (C=O) groups excluding carboxylic acids is 2. The Hall–Kier alpha value is -2.96. The van der Waals surface area contributed by atoms with Crippen LogP contribution < -0.4 is 10.6 Å². The molecule has 0 atom stereocenters. The van der Waals surface area contributed by atoms with Crippen molar-refractivity contribution in [3.63, 3.8) is 0 Å². The third-order valence-corrected chi connectivity index (χ3v) is 3.14. The number of methoxy groups -OCH3 is 1. The first-order chi connectivity index (χ1) is 11.5. The number of nitrogens with one attached hydrogen (secondary N) is 2. The summed E-state index contributed by atoms with van der Waals surface area (Å²) in [5.74, 6) is -0.164. The molecular formula is C17H20N4O3. The van der Waals surface area contributed by atoms with Crippen LogP contribution >= 0.6 is 0 Å². The summed E-state index contributed by atoms with van der Waals surface area (Å²) in [5, 5.41) is 5.74. The summed E-state index contributed by atoms with van der Waals surface area (Å²) in [6.45, 7) is 4.59. The van der Waals surface area contributed by atoms with Crippen molar-refractivity contribution in [2.24, 2.45) is 5.92 Å². The van der Waals surface area contributed by atoms with Crippen LogP contribution in [0.1, 0.15) is 34.7 Å². The minimum absolute atomic E-state index is 0.226. The van der Waals surface area contributed by atoms with Crippen LogP contribution in [0.15, 0.2) is 36.5 Å². The molecule has 0 unspecified atom stereocenters. The Bertz CT molecular complexity index is 731. The van der Waals surface area contributed by atoms with E-state index in [0.29, 0.717) is 23.7 Å². The zero-order valence-corrected chi connectivity index (χ0v) is 13.9. The van der Waals surface area contributed by atoms with Crippen molar-refractivity contribution in [2.45, 2.75) is 13.8 Å². The number of anilines is 2. The van der Waals surface area contributed by atoms with Crippen molar-refractivity contribution >= 4 is 23.5 Å². The summed E-state index contributed by atoms with van der Waals surface area (Å²) < 4.78 is 4.75. The average Bonchev–Trinajstić information content (AvgIpc) is 2.59. The highest BCUT2D eigenvalue weighted by atomic mass is 16.5. The van der Waals surface area contributed by atoms with Gasteiger partial charge < -0.3 is 15.4 Å². The number of aromatic nitrogens is 2. The molecule has 0 saturated heterocycles. The van der Waals surface area contributed by atoms with E-state index in [1.165, 1.54) is 19.4 Å². The molecule has 0 radical (unpaired) electrons. The summed E-state index contributed by atoms with van der Waals surface area (Å²) in [4.78, 5) is 32.1. The molecule has 0 aliphatic carbocycles. The Morgan fingerprint density at radius 3 is 2.67 bits per heavy atom. The second-order valence-electron chi connectivity index (χ2n) is 5.53. The van der Waals surface area contributed by atoms with Crippen molar-refractivity contribution in [1.82, 2.24) is 15.3 Å². The molecule has 2 rings (SSSR count). The van der Waals surface area contributed by atoms with Gasteiger partial charge in [-0.2, -0.15) is 0 Å². The lowest BCUT2D eigenvalue weighted by molar-refractivity contribution is 0.0601. The van der Waals surface area contributed by atoms with Crippen molar-refractivity contribution in [2.75, 3.05) is 19.0 Å². The first kappa shape index (κ1) is 17.4. The fourth-order valence-electron chi connectivity index (χ4n) is 1.93. The summed E-state index contributed by atoms with van der Waals surface area (Å²) in [7, 11) is 1.31. The average molecular weight is 328 g/mol. The van der Waals surface area contributed by atoms with Gasteiger partial charge in [0.25, 0.3) is 5.91 Å². The summed E-state index contributed by atoms with van der Waals surface area (Å²) in [6.07, 6.45) is 1.49. The Kier molecular flexibility index (Phi) is 5.83. The van der Waals surface area contributed by atoms with Gasteiger partial charge in [0, 0.05) is 12.7 Å². The van der Waals surface area contributed by atoms with Gasteiger partial charge in [0.05, 0.1) is 18.4 Å². The number of nitrogens with zero attached hydrogens (tertiary/aromatic N) is 2. The molecule has 0 saturated carbocycles. The topological polar surface area (TPSA) is 93.2 Å². The van der Waals surface area contributed by atoms with Gasteiger partial charge in [0.2, 0.25) is 5.95 Å². The minimum atomic E-state index is -0.469. The third kappa shape index (κ3) is 4.52. The zero-order chi connectivity index (χ0) is 17.5. The third-order valence-electron chi connectivity index (χ3n) is 3.14. The number of para-hydroxylation sites is 1. The maximum absolute atomic E-state index is 12.1. The highest BCUT2D eigenvalue weighted by Crippen LogP contribution is 2.19. The molecule has 0 aliphatic rings. The van der Waals surface area contributed by atoms with Crippen molar-refractivity contribution in [1.29, 1.82) is 0 Å². The number of hydrogen-bond acceptors (Lipinski definition) is 6. The molecule has 0 aliphatic heterocycles. The van der Waals surface area contributed by atoms with Crippen molar-refractivity contribution < 1.29 is 14.3 Å². The van der Waals surface area contributed by atoms with Gasteiger partial charge in [-0.25, -0.2) is 14.8 Å². The van der Waals surface area contributed by atoms with Crippen LogP contribution in [0.3, 0.4) is 0 Å². The van der Waals surface area contributed by atoms with Gasteiger partial charge in [-0.1, -0.05) is 26.0 Å². The van der Waals surface area contributed by atoms with E-state index in [9.17, 15) is 9.59 Å². The van der Waals surface area contributed by atoms with Gasteiger partial charge in [0.1, 0.15) is 5.69 Å². The number of benzene rings is 1. The van der Waals surface area contributed by atoms with Crippen LogP contribution in [0.4, 0.5) is 11.6 Å². The summed E-state index contributed by atoms with van der Waals surface area (Å²) >= 11 is 0. The van der Waals surface area contributed by atoms with Crippen LogP contribution in [0.5, 0.6) is 0 Å². The van der Waals surface area contributed by atoms with Crippen LogP contribution in [-0.4, -0.2) is 35.5 Å². The Morgan fingerprint density at radius 1 is 1.21 bits per heavy atom. The first-order valence-electron chi connectivity index (χ1n) is 7.57. The molecule has 1 amide bonds. The molecule has 1 heterocycles. The molecule has 24 heavy (non-hydrogen) atoms. The number of carbonyl (C=O) groups is 2. The highest BCUT2D eigenvalue weighted by Gasteiger charge is 2.13. The van der Waals surface area contributed by atoms with Gasteiger partial charge >= 0.3 is 5.97 Å². The molecule has 2 N–H and O–H groups in total. The van der Waals surface area contributed by atoms with Crippen molar-refractivity contribution in [3.8, 4) is 0 Å². The highest BCUT2D eigenvalue weighted by molar-refractivity contribution is 5.96. The molecule has 0 spiro atoms. The van der Waals surface area contributed by atoms with E-state index in [1.54, 1.807) is 24.3 Å². The lowest BCUT2D eigenvalue weighted by atomic mass is 10.2. The van der Waals surface area contributed by atoms with E-state index in [2.05, 4.69) is 20.6 Å². The number of hydrogen-bond donors (Lipinski definition) is 2. The molecular weight excluding hydrogens is 308 g/mol. The van der Waals surface area contributed by atoms with Crippen LogP contribution in [0.25, 0.3) is 0 Å². The van der Waals surface area contributed by atoms with E-state index >= 15 is 0 Å². The van der Waals surface area contributed by atoms with Gasteiger partial charge in [0.15, 0.2) is 0 Å². The van der Waals surface area contributed by atoms with E-state index in [-0.39, 0.29) is 17.5 Å². The Labute approximate surface area is 140 Å². The van der Waals surface area contributed by atoms with E-state index in [4.69, 9.17) is 4.74 Å². The van der Waals surface area contributed by atoms with E-state index in [1.807, 2.05) is 13.8 Å². The zero-order valence-electron chi connectivity index (χ0n) is 13.9. The van der Waals surface area contributed by atoms with E-state index < -0.39 is 5.97 Å². The monoisotopic (exact) mass is 328 g/mol. The number of rotatable bonds is 6. The Balaban J connectivity index is 2.18. The predicted octanol–water partition coefficient (Wildman–Crippen LogP) is 2.39. The molecule has 1 aromatic carbocycles. The predicted molar refractivity (Wildman–Crippen MR) is 90.3 cm³/mol. The van der Waals surface area contributed by atoms with Crippen LogP contribution in [0.2, 0.25) is 0 Å². The van der Waals surface area contributed by atoms with Crippen LogP contribution in [0, 0.1) is 5.92 Å². The second-order valence-corrected chi connectivity index (χ2v) is 5.53. The Morgan fingerprint density at radius 2 is 1.96 bits per heavy atom. The maximum atomic E-state index is 12.1. The molecule has 0 bridgehead atoms. The molecule has 2 aromatic rings. The fraction of sp³-hybridized carbons (Fsp3) is 0.294. The SMILES string of the molecule is COC(=O)c1ccccc1Nc1nccc(C(=O)NCC(C)C)n1. The summed E-state index contributed by atoms with van der Waals surface area (Å²) in [6, 6.07) is 8.38. The summed E-state index contributed by atoms with van der Waals surface area (Å²) in [5.41, 5.74) is 1.12. The lowest BCUT2D eigenvalue weighted by Crippen LogP contribution is -2.28. The standard InChI is InChI=1S/C17H20N4O3/c1-11(2)10-19-15(22)14-8-9-18-17(21-14)20-13-7-5-4-6-12(13)16(23)24-3/h4-9,11H,10H2,1-3H3,(H,19,22)(H,18,20,21). The first-order valence-corrected chi connectivity index (χ1v) is 7.57. The molecule has 0 fully saturated rings. The molecule has 1 aromatic heterocycles. The van der Waals surface area contributed by atoms with Crippen molar-refractivity contribution in [3.05, 3.63) is 47.8 Å². The second kappa shape index (κ2) is 8.05. The smallest absolute Gasteiger partial charge is 0.339 e. The van der Waals surface area contributed by atoms with Crippen LogP contribution in [-0.2, 0) is 4.74 Å². The van der Waals surface area contributed by atoms with Gasteiger partial charge in [-0.15, -0.1) is 0 Å². The van der Waals surface area contributed by atoms with Gasteiger partial charge in [-0.3, -0.25) is 4.79 Å². The molecule has 7 nitrogen and oxygen atoms in total. The lowest BCUT2D eigenvalue weighted by Gasteiger charge is -2.10. The molecule has 7 heteroatoms.